The fraction of sp³-hybridized carbons (Fsp3) is 0.125. The summed E-state index contributed by atoms with van der Waals surface area (Å²) in [6.07, 6.45) is 1.38. The number of nitrogens with zero attached hydrogens (tertiary/aromatic N) is 1. The van der Waals surface area contributed by atoms with Gasteiger partial charge in [-0.2, -0.15) is 5.10 Å². The molecule has 0 aromatic heterocycles. The molecule has 0 aliphatic rings. The highest BCUT2D eigenvalue weighted by Crippen LogP contribution is 2.28. The number of hydrazone groups is 1. The zero-order chi connectivity index (χ0) is 15.9. The number of benzene rings is 2. The van der Waals surface area contributed by atoms with Crippen LogP contribution in [0.1, 0.15) is 22.8 Å². The minimum absolute atomic E-state index is 0.00314. The second-order valence-electron chi connectivity index (χ2n) is 4.34. The minimum Gasteiger partial charge on any atom is -0.504 e. The Morgan fingerprint density at radius 3 is 2.86 bits per heavy atom. The molecule has 5 nitrogen and oxygen atoms in total. The van der Waals surface area contributed by atoms with E-state index in [1.165, 1.54) is 6.21 Å². The van der Waals surface area contributed by atoms with E-state index in [9.17, 15) is 9.90 Å². The number of hydrogen-bond acceptors (Lipinski definition) is 4. The molecular weight excluding hydrogens is 395 g/mol. The van der Waals surface area contributed by atoms with Crippen molar-refractivity contribution in [2.24, 2.45) is 5.10 Å². The minimum atomic E-state index is -0.310. The Morgan fingerprint density at radius 2 is 2.14 bits per heavy atom. The van der Waals surface area contributed by atoms with Gasteiger partial charge in [0.15, 0.2) is 11.5 Å². The van der Waals surface area contributed by atoms with Gasteiger partial charge in [-0.1, -0.05) is 12.1 Å². The van der Waals surface area contributed by atoms with Crippen LogP contribution in [0.2, 0.25) is 0 Å². The van der Waals surface area contributed by atoms with Crippen molar-refractivity contribution >= 4 is 34.7 Å². The van der Waals surface area contributed by atoms with Gasteiger partial charge in [-0.15, -0.1) is 0 Å². The summed E-state index contributed by atoms with van der Waals surface area (Å²) < 4.78 is 6.26. The highest BCUT2D eigenvalue weighted by molar-refractivity contribution is 14.1. The molecule has 114 valence electrons. The van der Waals surface area contributed by atoms with Crippen LogP contribution in [0.3, 0.4) is 0 Å². The molecule has 2 aromatic rings. The number of para-hydroxylation sites is 1. The Kier molecular flexibility index (Phi) is 5.76. The number of phenols is 1. The molecule has 0 spiro atoms. The van der Waals surface area contributed by atoms with Gasteiger partial charge in [-0.05, 0) is 59.8 Å². The first kappa shape index (κ1) is 16.3. The number of ether oxygens (including phenoxy) is 1. The lowest BCUT2D eigenvalue weighted by Crippen LogP contribution is -2.17. The maximum Gasteiger partial charge on any atom is 0.271 e. The number of halogens is 1. The summed E-state index contributed by atoms with van der Waals surface area (Å²) in [5.74, 6) is 0.0715. The largest absolute Gasteiger partial charge is 0.504 e. The number of amides is 1. The number of carbonyl (C=O) groups excluding carboxylic acids is 1. The number of hydrogen-bond donors (Lipinski definition) is 2. The SMILES string of the molecule is CCOc1cccc(/C=N\NC(=O)c2cccc(I)c2)c1O. The highest BCUT2D eigenvalue weighted by Gasteiger charge is 2.07. The molecule has 2 rings (SSSR count). The predicted molar refractivity (Wildman–Crippen MR) is 93.5 cm³/mol. The zero-order valence-electron chi connectivity index (χ0n) is 11.9. The molecule has 0 bridgehead atoms. The normalized spacial score (nSPS) is 10.6. The second-order valence-corrected chi connectivity index (χ2v) is 5.58. The third kappa shape index (κ3) is 4.20. The number of rotatable bonds is 5. The molecule has 2 N–H and O–H groups in total. The lowest BCUT2D eigenvalue weighted by molar-refractivity contribution is 0.0955. The monoisotopic (exact) mass is 410 g/mol. The Bertz CT molecular complexity index is 702. The van der Waals surface area contributed by atoms with Crippen LogP contribution in [0.25, 0.3) is 0 Å². The van der Waals surface area contributed by atoms with Crippen LogP contribution < -0.4 is 10.2 Å². The first-order valence-electron chi connectivity index (χ1n) is 6.65. The first-order valence-corrected chi connectivity index (χ1v) is 7.73. The molecule has 0 heterocycles. The van der Waals surface area contributed by atoms with Crippen LogP contribution in [0.15, 0.2) is 47.6 Å². The van der Waals surface area contributed by atoms with Crippen molar-refractivity contribution in [3.63, 3.8) is 0 Å². The molecule has 6 heteroatoms. The van der Waals surface area contributed by atoms with Crippen molar-refractivity contribution in [3.8, 4) is 11.5 Å². The Hall–Kier alpha value is -2.09. The molecule has 0 fully saturated rings. The fourth-order valence-corrected chi connectivity index (χ4v) is 2.31. The number of phenolic OH excluding ortho intramolecular Hbond substituents is 1. The van der Waals surface area contributed by atoms with Gasteiger partial charge in [0.1, 0.15) is 0 Å². The molecule has 0 unspecified atom stereocenters. The van der Waals surface area contributed by atoms with E-state index in [-0.39, 0.29) is 11.7 Å². The van der Waals surface area contributed by atoms with Crippen molar-refractivity contribution in [2.45, 2.75) is 6.92 Å². The summed E-state index contributed by atoms with van der Waals surface area (Å²) in [4.78, 5) is 11.9. The van der Waals surface area contributed by atoms with Crippen LogP contribution in [-0.4, -0.2) is 23.8 Å². The van der Waals surface area contributed by atoms with E-state index in [0.29, 0.717) is 23.5 Å². The van der Waals surface area contributed by atoms with Crippen molar-refractivity contribution in [3.05, 3.63) is 57.2 Å². The van der Waals surface area contributed by atoms with Gasteiger partial charge in [0, 0.05) is 14.7 Å². The van der Waals surface area contributed by atoms with Crippen LogP contribution >= 0.6 is 22.6 Å². The maximum absolute atomic E-state index is 11.9. The van der Waals surface area contributed by atoms with Crippen LogP contribution in [-0.2, 0) is 0 Å². The molecule has 1 amide bonds. The molecule has 0 aliphatic carbocycles. The van der Waals surface area contributed by atoms with Crippen molar-refractivity contribution in [2.75, 3.05) is 6.61 Å². The molecule has 2 aromatic carbocycles. The number of carbonyl (C=O) groups is 1. The van der Waals surface area contributed by atoms with E-state index in [4.69, 9.17) is 4.74 Å². The van der Waals surface area contributed by atoms with Crippen molar-refractivity contribution in [1.29, 1.82) is 0 Å². The molecule has 0 aliphatic heterocycles. The lowest BCUT2D eigenvalue weighted by atomic mass is 10.2. The second kappa shape index (κ2) is 7.79. The maximum atomic E-state index is 11.9. The summed E-state index contributed by atoms with van der Waals surface area (Å²) in [6.45, 7) is 2.29. The smallest absolute Gasteiger partial charge is 0.271 e. The van der Waals surface area contributed by atoms with Gasteiger partial charge in [-0.25, -0.2) is 5.43 Å². The average molecular weight is 410 g/mol. The van der Waals surface area contributed by atoms with Gasteiger partial charge in [0.25, 0.3) is 5.91 Å². The van der Waals surface area contributed by atoms with E-state index in [0.717, 1.165) is 3.57 Å². The van der Waals surface area contributed by atoms with Gasteiger partial charge < -0.3 is 9.84 Å². The van der Waals surface area contributed by atoms with E-state index >= 15 is 0 Å². The molecular formula is C16H15IN2O3. The van der Waals surface area contributed by atoms with E-state index in [1.54, 1.807) is 36.4 Å². The highest BCUT2D eigenvalue weighted by atomic mass is 127. The Labute approximate surface area is 142 Å². The van der Waals surface area contributed by atoms with Gasteiger partial charge in [0.2, 0.25) is 0 Å². The van der Waals surface area contributed by atoms with Crippen molar-refractivity contribution in [1.82, 2.24) is 5.43 Å². The third-order valence-corrected chi connectivity index (χ3v) is 3.46. The Morgan fingerprint density at radius 1 is 1.36 bits per heavy atom. The van der Waals surface area contributed by atoms with Gasteiger partial charge in [0.05, 0.1) is 12.8 Å². The molecule has 0 radical (unpaired) electrons. The van der Waals surface area contributed by atoms with Gasteiger partial charge in [-0.3, -0.25) is 4.79 Å². The summed E-state index contributed by atoms with van der Waals surface area (Å²) in [6, 6.07) is 12.3. The van der Waals surface area contributed by atoms with Crippen LogP contribution in [0.5, 0.6) is 11.5 Å². The topological polar surface area (TPSA) is 70.9 Å². The summed E-state index contributed by atoms with van der Waals surface area (Å²) >= 11 is 2.14. The zero-order valence-corrected chi connectivity index (χ0v) is 14.1. The standard InChI is InChI=1S/C16H15IN2O3/c1-2-22-14-8-4-6-12(15(14)20)10-18-19-16(21)11-5-3-7-13(17)9-11/h3-10,20H,2H2,1H3,(H,19,21)/b18-10-. The Balaban J connectivity index is 2.07. The summed E-state index contributed by atoms with van der Waals surface area (Å²) in [7, 11) is 0. The average Bonchev–Trinajstić information content (AvgIpc) is 2.51. The lowest BCUT2D eigenvalue weighted by Gasteiger charge is -2.07. The number of nitrogens with one attached hydrogen (secondary N) is 1. The first-order chi connectivity index (χ1) is 10.6. The van der Waals surface area contributed by atoms with E-state index in [2.05, 4.69) is 33.1 Å². The van der Waals surface area contributed by atoms with Crippen molar-refractivity contribution < 1.29 is 14.6 Å². The van der Waals surface area contributed by atoms with E-state index < -0.39 is 0 Å². The van der Waals surface area contributed by atoms with E-state index in [1.807, 2.05) is 13.0 Å². The van der Waals surface area contributed by atoms with Crippen LogP contribution in [0, 0.1) is 3.57 Å². The number of aromatic hydroxyl groups is 1. The molecule has 0 saturated heterocycles. The molecule has 0 atom stereocenters. The fourth-order valence-electron chi connectivity index (χ4n) is 1.77. The quantitative estimate of drug-likeness (QED) is 0.452. The van der Waals surface area contributed by atoms with Gasteiger partial charge >= 0.3 is 0 Å². The van der Waals surface area contributed by atoms with Crippen LogP contribution in [0.4, 0.5) is 0 Å². The summed E-state index contributed by atoms with van der Waals surface area (Å²) in [5, 5.41) is 13.9. The summed E-state index contributed by atoms with van der Waals surface area (Å²) in [5.41, 5.74) is 3.42. The predicted octanol–water partition coefficient (Wildman–Crippen LogP) is 3.16. The molecule has 0 saturated carbocycles. The molecule has 22 heavy (non-hydrogen) atoms. The third-order valence-electron chi connectivity index (χ3n) is 2.79.